The van der Waals surface area contributed by atoms with Crippen LogP contribution >= 0.6 is 0 Å². The van der Waals surface area contributed by atoms with Gasteiger partial charge >= 0.3 is 0 Å². The monoisotopic (exact) mass is 204 g/mol. The van der Waals surface area contributed by atoms with E-state index in [0.29, 0.717) is 26.3 Å². The van der Waals surface area contributed by atoms with Gasteiger partial charge in [0.05, 0.1) is 12.2 Å². The van der Waals surface area contributed by atoms with Crippen molar-refractivity contribution in [1.82, 2.24) is 0 Å². The van der Waals surface area contributed by atoms with E-state index in [1.54, 1.807) is 0 Å². The maximum atomic E-state index is 5.54. The lowest BCUT2D eigenvalue weighted by Crippen LogP contribution is -2.27. The van der Waals surface area contributed by atoms with Crippen LogP contribution in [0.1, 0.15) is 26.7 Å². The molecule has 0 aliphatic rings. The molecule has 2 atom stereocenters. The fraction of sp³-hybridized carbons (Fsp3) is 1.00. The Morgan fingerprint density at radius 1 is 0.857 bits per heavy atom. The van der Waals surface area contributed by atoms with Gasteiger partial charge in [0.15, 0.2) is 0 Å². The third-order valence-electron chi connectivity index (χ3n) is 2.12. The van der Waals surface area contributed by atoms with Gasteiger partial charge in [0, 0.05) is 13.2 Å². The molecule has 0 spiro atoms. The van der Waals surface area contributed by atoms with Crippen molar-refractivity contribution < 1.29 is 9.47 Å². The van der Waals surface area contributed by atoms with Crippen molar-refractivity contribution in [2.75, 3.05) is 26.3 Å². The molecule has 86 valence electrons. The maximum Gasteiger partial charge on any atom is 0.0805 e. The van der Waals surface area contributed by atoms with Gasteiger partial charge in [-0.05, 0) is 39.8 Å². The van der Waals surface area contributed by atoms with Crippen LogP contribution in [0, 0.1) is 0 Å². The van der Waals surface area contributed by atoms with E-state index in [0.717, 1.165) is 12.8 Å². The van der Waals surface area contributed by atoms with Crippen molar-refractivity contribution in [2.24, 2.45) is 11.5 Å². The molecule has 4 heteroatoms. The van der Waals surface area contributed by atoms with Crippen LogP contribution in [0.15, 0.2) is 0 Å². The average Bonchev–Trinajstić information content (AvgIpc) is 2.18. The van der Waals surface area contributed by atoms with E-state index >= 15 is 0 Å². The van der Waals surface area contributed by atoms with E-state index in [4.69, 9.17) is 20.9 Å². The Morgan fingerprint density at radius 3 is 1.50 bits per heavy atom. The molecule has 0 heterocycles. The molecule has 0 saturated heterocycles. The Hall–Kier alpha value is -0.160. The summed E-state index contributed by atoms with van der Waals surface area (Å²) in [7, 11) is 0. The predicted octanol–water partition coefficient (Wildman–Crippen LogP) is 0.494. The molecule has 0 aliphatic carbocycles. The van der Waals surface area contributed by atoms with Crippen molar-refractivity contribution in [2.45, 2.75) is 38.9 Å². The van der Waals surface area contributed by atoms with Gasteiger partial charge in [-0.15, -0.1) is 0 Å². The molecular weight excluding hydrogens is 180 g/mol. The Kier molecular flexibility index (Phi) is 9.29. The van der Waals surface area contributed by atoms with Crippen LogP contribution in [-0.2, 0) is 9.47 Å². The zero-order chi connectivity index (χ0) is 10.8. The highest BCUT2D eigenvalue weighted by molar-refractivity contribution is 4.60. The molecule has 0 aromatic heterocycles. The van der Waals surface area contributed by atoms with E-state index in [2.05, 4.69) is 0 Å². The zero-order valence-electron chi connectivity index (χ0n) is 9.37. The highest BCUT2D eigenvalue weighted by atomic mass is 16.5. The Bertz CT molecular complexity index is 109. The molecule has 0 radical (unpaired) electrons. The van der Waals surface area contributed by atoms with Crippen molar-refractivity contribution >= 4 is 0 Å². The van der Waals surface area contributed by atoms with Gasteiger partial charge in [-0.1, -0.05) is 0 Å². The van der Waals surface area contributed by atoms with E-state index in [-0.39, 0.29) is 12.2 Å². The minimum absolute atomic E-state index is 0.124. The molecule has 0 aromatic carbocycles. The quantitative estimate of drug-likeness (QED) is 0.536. The summed E-state index contributed by atoms with van der Waals surface area (Å²) in [5.74, 6) is 0. The summed E-state index contributed by atoms with van der Waals surface area (Å²) in [5.41, 5.74) is 10.7. The molecule has 0 amide bonds. The molecule has 4 N–H and O–H groups in total. The lowest BCUT2D eigenvalue weighted by atomic mass is 10.2. The second kappa shape index (κ2) is 9.40. The topological polar surface area (TPSA) is 70.5 Å². The van der Waals surface area contributed by atoms with Crippen LogP contribution in [0.25, 0.3) is 0 Å². The van der Waals surface area contributed by atoms with Crippen molar-refractivity contribution in [1.29, 1.82) is 0 Å². The third kappa shape index (κ3) is 7.26. The number of hydrogen-bond donors (Lipinski definition) is 2. The summed E-state index contributed by atoms with van der Waals surface area (Å²) < 4.78 is 11.1. The lowest BCUT2D eigenvalue weighted by Gasteiger charge is -2.20. The molecule has 0 fully saturated rings. The van der Waals surface area contributed by atoms with E-state index in [1.165, 1.54) is 0 Å². The molecule has 0 rings (SSSR count). The van der Waals surface area contributed by atoms with E-state index in [1.807, 2.05) is 13.8 Å². The van der Waals surface area contributed by atoms with E-state index in [9.17, 15) is 0 Å². The highest BCUT2D eigenvalue weighted by Crippen LogP contribution is 2.03. The fourth-order valence-electron chi connectivity index (χ4n) is 0.976. The highest BCUT2D eigenvalue weighted by Gasteiger charge is 2.12. The number of ether oxygens (including phenoxy) is 2. The number of nitrogens with two attached hydrogens (primary N) is 2. The summed E-state index contributed by atoms with van der Waals surface area (Å²) in [6.45, 7) is 6.81. The SMILES string of the molecule is CC(OCCCN)C(C)OCCCN. The first-order valence-electron chi connectivity index (χ1n) is 5.35. The standard InChI is InChI=1S/C10H24N2O2/c1-9(13-7-3-5-11)10(2)14-8-4-6-12/h9-10H,3-8,11-12H2,1-2H3. The molecule has 2 unspecified atom stereocenters. The molecule has 14 heavy (non-hydrogen) atoms. The maximum absolute atomic E-state index is 5.54. The molecule has 0 aromatic rings. The van der Waals surface area contributed by atoms with Crippen molar-refractivity contribution in [3.63, 3.8) is 0 Å². The van der Waals surface area contributed by atoms with Crippen LogP contribution < -0.4 is 11.5 Å². The van der Waals surface area contributed by atoms with Gasteiger partial charge in [0.25, 0.3) is 0 Å². The molecule has 4 nitrogen and oxygen atoms in total. The first-order valence-corrected chi connectivity index (χ1v) is 5.35. The minimum Gasteiger partial charge on any atom is -0.376 e. The van der Waals surface area contributed by atoms with Crippen molar-refractivity contribution in [3.8, 4) is 0 Å². The Labute approximate surface area is 86.9 Å². The van der Waals surface area contributed by atoms with Gasteiger partial charge in [0.2, 0.25) is 0 Å². The Morgan fingerprint density at radius 2 is 1.21 bits per heavy atom. The van der Waals surface area contributed by atoms with Gasteiger partial charge in [0.1, 0.15) is 0 Å². The van der Waals surface area contributed by atoms with Gasteiger partial charge < -0.3 is 20.9 Å². The molecule has 0 aliphatic heterocycles. The zero-order valence-corrected chi connectivity index (χ0v) is 9.37. The van der Waals surface area contributed by atoms with Crippen LogP contribution in [0.2, 0.25) is 0 Å². The summed E-state index contributed by atoms with van der Waals surface area (Å²) in [4.78, 5) is 0. The van der Waals surface area contributed by atoms with Crippen LogP contribution in [0.5, 0.6) is 0 Å². The van der Waals surface area contributed by atoms with Gasteiger partial charge in [-0.25, -0.2) is 0 Å². The number of hydrogen-bond acceptors (Lipinski definition) is 4. The number of rotatable bonds is 9. The van der Waals surface area contributed by atoms with E-state index < -0.39 is 0 Å². The average molecular weight is 204 g/mol. The first-order chi connectivity index (χ1) is 6.72. The summed E-state index contributed by atoms with van der Waals surface area (Å²) in [6, 6.07) is 0. The summed E-state index contributed by atoms with van der Waals surface area (Å²) in [5, 5.41) is 0. The lowest BCUT2D eigenvalue weighted by molar-refractivity contribution is -0.0564. The fourth-order valence-corrected chi connectivity index (χ4v) is 0.976. The summed E-state index contributed by atoms with van der Waals surface area (Å²) in [6.07, 6.45) is 2.05. The second-order valence-electron chi connectivity index (χ2n) is 3.44. The van der Waals surface area contributed by atoms with Crippen molar-refractivity contribution in [3.05, 3.63) is 0 Å². The minimum atomic E-state index is 0.124. The predicted molar refractivity (Wildman–Crippen MR) is 58.2 cm³/mol. The summed E-state index contributed by atoms with van der Waals surface area (Å²) >= 11 is 0. The van der Waals surface area contributed by atoms with Crippen LogP contribution in [-0.4, -0.2) is 38.5 Å². The largest absolute Gasteiger partial charge is 0.376 e. The third-order valence-corrected chi connectivity index (χ3v) is 2.12. The van der Waals surface area contributed by atoms with Crippen LogP contribution in [0.3, 0.4) is 0 Å². The second-order valence-corrected chi connectivity index (χ2v) is 3.44. The molecule has 0 saturated carbocycles. The molecular formula is C10H24N2O2. The Balaban J connectivity index is 3.39. The molecule has 0 bridgehead atoms. The van der Waals surface area contributed by atoms with Crippen LogP contribution in [0.4, 0.5) is 0 Å². The first kappa shape index (κ1) is 13.8. The van der Waals surface area contributed by atoms with Gasteiger partial charge in [-0.3, -0.25) is 0 Å². The normalized spacial score (nSPS) is 15.4. The van der Waals surface area contributed by atoms with Gasteiger partial charge in [-0.2, -0.15) is 0 Å². The smallest absolute Gasteiger partial charge is 0.0805 e.